The van der Waals surface area contributed by atoms with E-state index in [-0.39, 0.29) is 11.8 Å². The predicted molar refractivity (Wildman–Crippen MR) is 86.4 cm³/mol. The van der Waals surface area contributed by atoms with Crippen molar-refractivity contribution in [3.8, 4) is 0 Å². The van der Waals surface area contributed by atoms with E-state index in [1.54, 1.807) is 11.3 Å². The van der Waals surface area contributed by atoms with Crippen molar-refractivity contribution < 1.29 is 4.79 Å². The molecule has 1 atom stereocenters. The Labute approximate surface area is 129 Å². The fourth-order valence-electron chi connectivity index (χ4n) is 2.73. The molecule has 1 amide bonds. The van der Waals surface area contributed by atoms with E-state index >= 15 is 0 Å². The second-order valence-electron chi connectivity index (χ2n) is 5.32. The van der Waals surface area contributed by atoms with E-state index in [4.69, 9.17) is 0 Å². The maximum Gasteiger partial charge on any atom is 0.229 e. The Hall–Kier alpha value is -1.65. The molecule has 1 unspecified atom stereocenters. The molecule has 0 fully saturated rings. The van der Waals surface area contributed by atoms with Gasteiger partial charge in [-0.3, -0.25) is 4.79 Å². The SMILES string of the molecule is CCc1ccc(CNC(=O)C2CNCc3ccccc32)s1. The molecule has 1 aliphatic heterocycles. The van der Waals surface area contributed by atoms with Crippen LogP contribution >= 0.6 is 11.3 Å². The van der Waals surface area contributed by atoms with Crippen molar-refractivity contribution in [1.82, 2.24) is 10.6 Å². The number of carbonyl (C=O) groups excluding carboxylic acids is 1. The van der Waals surface area contributed by atoms with E-state index in [0.717, 1.165) is 18.5 Å². The van der Waals surface area contributed by atoms with Gasteiger partial charge in [-0.05, 0) is 29.7 Å². The lowest BCUT2D eigenvalue weighted by atomic mass is 9.90. The van der Waals surface area contributed by atoms with E-state index in [9.17, 15) is 4.79 Å². The maximum atomic E-state index is 12.5. The number of hydrogen-bond acceptors (Lipinski definition) is 3. The molecule has 3 nitrogen and oxygen atoms in total. The molecule has 2 N–H and O–H groups in total. The van der Waals surface area contributed by atoms with Crippen LogP contribution < -0.4 is 10.6 Å². The number of aryl methyl sites for hydroxylation is 1. The van der Waals surface area contributed by atoms with Crippen LogP contribution in [-0.2, 0) is 24.3 Å². The molecule has 4 heteroatoms. The highest BCUT2D eigenvalue weighted by Crippen LogP contribution is 2.24. The largest absolute Gasteiger partial charge is 0.351 e. The minimum Gasteiger partial charge on any atom is -0.351 e. The first kappa shape index (κ1) is 14.3. The van der Waals surface area contributed by atoms with Crippen LogP contribution in [0.5, 0.6) is 0 Å². The zero-order valence-electron chi connectivity index (χ0n) is 12.2. The monoisotopic (exact) mass is 300 g/mol. The van der Waals surface area contributed by atoms with Crippen molar-refractivity contribution in [2.24, 2.45) is 0 Å². The van der Waals surface area contributed by atoms with Crippen molar-refractivity contribution in [1.29, 1.82) is 0 Å². The fourth-order valence-corrected chi connectivity index (χ4v) is 3.63. The average Bonchev–Trinajstić information content (AvgIpc) is 3.00. The number of carbonyl (C=O) groups is 1. The van der Waals surface area contributed by atoms with Gasteiger partial charge in [-0.15, -0.1) is 11.3 Å². The molecule has 110 valence electrons. The molecule has 0 saturated heterocycles. The van der Waals surface area contributed by atoms with Gasteiger partial charge in [-0.25, -0.2) is 0 Å². The lowest BCUT2D eigenvalue weighted by molar-refractivity contribution is -0.122. The third kappa shape index (κ3) is 3.17. The minimum atomic E-state index is -0.0828. The smallest absolute Gasteiger partial charge is 0.229 e. The second kappa shape index (κ2) is 6.41. The van der Waals surface area contributed by atoms with Crippen LogP contribution in [0.15, 0.2) is 36.4 Å². The third-order valence-corrected chi connectivity index (χ3v) is 5.14. The molecular formula is C17H20N2OS. The quantitative estimate of drug-likeness (QED) is 0.911. The van der Waals surface area contributed by atoms with Crippen molar-refractivity contribution in [2.45, 2.75) is 32.4 Å². The summed E-state index contributed by atoms with van der Waals surface area (Å²) in [4.78, 5) is 15.0. The molecule has 0 aliphatic carbocycles. The summed E-state index contributed by atoms with van der Waals surface area (Å²) in [6.45, 7) is 4.35. The van der Waals surface area contributed by atoms with Crippen molar-refractivity contribution in [3.05, 3.63) is 57.3 Å². The number of benzene rings is 1. The summed E-state index contributed by atoms with van der Waals surface area (Å²) in [7, 11) is 0. The predicted octanol–water partition coefficient (Wildman–Crippen LogP) is 2.81. The molecule has 1 aliphatic rings. The zero-order chi connectivity index (χ0) is 14.7. The molecule has 0 bridgehead atoms. The Morgan fingerprint density at radius 1 is 1.29 bits per heavy atom. The topological polar surface area (TPSA) is 41.1 Å². The Kier molecular flexibility index (Phi) is 4.36. The normalized spacial score (nSPS) is 17.3. The van der Waals surface area contributed by atoms with Crippen molar-refractivity contribution >= 4 is 17.2 Å². The van der Waals surface area contributed by atoms with E-state index in [0.29, 0.717) is 13.1 Å². The molecule has 0 spiro atoms. The van der Waals surface area contributed by atoms with Gasteiger partial charge in [0.05, 0.1) is 12.5 Å². The Morgan fingerprint density at radius 2 is 2.10 bits per heavy atom. The van der Waals surface area contributed by atoms with Crippen LogP contribution in [-0.4, -0.2) is 12.5 Å². The van der Waals surface area contributed by atoms with Crippen LogP contribution in [0, 0.1) is 0 Å². The van der Waals surface area contributed by atoms with E-state index < -0.39 is 0 Å². The molecule has 21 heavy (non-hydrogen) atoms. The number of fused-ring (bicyclic) bond motifs is 1. The summed E-state index contributed by atoms with van der Waals surface area (Å²) in [6.07, 6.45) is 1.05. The second-order valence-corrected chi connectivity index (χ2v) is 6.57. The Balaban J connectivity index is 1.66. The summed E-state index contributed by atoms with van der Waals surface area (Å²) >= 11 is 1.78. The van der Waals surface area contributed by atoms with Gasteiger partial charge in [0.2, 0.25) is 5.91 Å². The van der Waals surface area contributed by atoms with Crippen molar-refractivity contribution in [2.75, 3.05) is 6.54 Å². The van der Waals surface area contributed by atoms with Gasteiger partial charge in [-0.2, -0.15) is 0 Å². The minimum absolute atomic E-state index is 0.0828. The summed E-state index contributed by atoms with van der Waals surface area (Å²) in [5, 5.41) is 6.40. The van der Waals surface area contributed by atoms with Gasteiger partial charge >= 0.3 is 0 Å². The highest BCUT2D eigenvalue weighted by atomic mass is 32.1. The first-order valence-electron chi connectivity index (χ1n) is 7.41. The lowest BCUT2D eigenvalue weighted by Gasteiger charge is -2.25. The maximum absolute atomic E-state index is 12.5. The Bertz CT molecular complexity index is 635. The molecular weight excluding hydrogens is 280 g/mol. The Morgan fingerprint density at radius 3 is 2.90 bits per heavy atom. The van der Waals surface area contributed by atoms with E-state index in [2.05, 4.69) is 41.8 Å². The van der Waals surface area contributed by atoms with Crippen LogP contribution in [0.4, 0.5) is 0 Å². The molecule has 0 saturated carbocycles. The van der Waals surface area contributed by atoms with Gasteiger partial charge < -0.3 is 10.6 Å². The number of hydrogen-bond donors (Lipinski definition) is 2. The van der Waals surface area contributed by atoms with Gasteiger partial charge in [0.25, 0.3) is 0 Å². The third-order valence-electron chi connectivity index (χ3n) is 3.91. The zero-order valence-corrected chi connectivity index (χ0v) is 13.0. The number of amides is 1. The van der Waals surface area contributed by atoms with E-state index in [1.807, 2.05) is 12.1 Å². The standard InChI is InChI=1S/C17H20N2OS/c1-2-13-7-8-14(21-13)10-19-17(20)16-11-18-9-12-5-3-4-6-15(12)16/h3-8,16,18H,2,9-11H2,1H3,(H,19,20). The van der Waals surface area contributed by atoms with Crippen LogP contribution in [0.3, 0.4) is 0 Å². The first-order valence-corrected chi connectivity index (χ1v) is 8.23. The highest BCUT2D eigenvalue weighted by molar-refractivity contribution is 7.11. The number of nitrogens with one attached hydrogen (secondary N) is 2. The van der Waals surface area contributed by atoms with Crippen LogP contribution in [0.1, 0.15) is 33.7 Å². The summed E-state index contributed by atoms with van der Waals surface area (Å²) in [6, 6.07) is 12.5. The average molecular weight is 300 g/mol. The molecule has 3 rings (SSSR count). The van der Waals surface area contributed by atoms with Gasteiger partial charge in [0, 0.05) is 22.8 Å². The van der Waals surface area contributed by atoms with Crippen molar-refractivity contribution in [3.63, 3.8) is 0 Å². The van der Waals surface area contributed by atoms with Crippen LogP contribution in [0.25, 0.3) is 0 Å². The summed E-state index contributed by atoms with van der Waals surface area (Å²) < 4.78 is 0. The van der Waals surface area contributed by atoms with E-state index in [1.165, 1.54) is 15.3 Å². The summed E-state index contributed by atoms with van der Waals surface area (Å²) in [5.41, 5.74) is 2.39. The molecule has 2 aromatic rings. The van der Waals surface area contributed by atoms with Gasteiger partial charge in [0.1, 0.15) is 0 Å². The summed E-state index contributed by atoms with van der Waals surface area (Å²) in [5.74, 6) is 0.0293. The molecule has 0 radical (unpaired) electrons. The lowest BCUT2D eigenvalue weighted by Crippen LogP contribution is -2.38. The first-order chi connectivity index (χ1) is 10.3. The van der Waals surface area contributed by atoms with Gasteiger partial charge in [-0.1, -0.05) is 31.2 Å². The van der Waals surface area contributed by atoms with Gasteiger partial charge in [0.15, 0.2) is 0 Å². The number of thiophene rings is 1. The molecule has 1 aromatic carbocycles. The molecule has 1 aromatic heterocycles. The van der Waals surface area contributed by atoms with Crippen LogP contribution in [0.2, 0.25) is 0 Å². The molecule has 2 heterocycles. The number of rotatable bonds is 4. The fraction of sp³-hybridized carbons (Fsp3) is 0.353. The highest BCUT2D eigenvalue weighted by Gasteiger charge is 2.25.